The minimum atomic E-state index is -3.00. The Balaban J connectivity index is 1.93. The van der Waals surface area contributed by atoms with Crippen molar-refractivity contribution in [2.45, 2.75) is 12.5 Å². The summed E-state index contributed by atoms with van der Waals surface area (Å²) in [4.78, 5) is 15.1. The van der Waals surface area contributed by atoms with Gasteiger partial charge in [0.15, 0.2) is 15.5 Å². The summed E-state index contributed by atoms with van der Waals surface area (Å²) >= 11 is 0. The van der Waals surface area contributed by atoms with Crippen molar-refractivity contribution in [1.82, 2.24) is 4.98 Å². The molecule has 0 amide bonds. The van der Waals surface area contributed by atoms with Gasteiger partial charge in [-0.15, -0.1) is 0 Å². The van der Waals surface area contributed by atoms with Crippen LogP contribution in [0.4, 0.5) is 11.5 Å². The van der Waals surface area contributed by atoms with Crippen LogP contribution in [0.5, 0.6) is 0 Å². The predicted octanol–water partition coefficient (Wildman–Crippen LogP) is 2.26. The van der Waals surface area contributed by atoms with Crippen molar-refractivity contribution < 1.29 is 13.3 Å². The first-order chi connectivity index (χ1) is 10.9. The number of hydrogen-bond donors (Lipinski definition) is 1. The van der Waals surface area contributed by atoms with Gasteiger partial charge in [-0.1, -0.05) is 30.3 Å². The Bertz CT molecular complexity index is 837. The standard InChI is InChI=1S/C15H15N3O4S/c19-18(20)13-6-7-14(16-12-8-9-23(21,22)10-12)17-15(13)11-4-2-1-3-5-11/h1-7,12H,8-10H2,(H,16,17). The van der Waals surface area contributed by atoms with Crippen molar-refractivity contribution >= 4 is 21.3 Å². The number of nitro groups is 1. The molecule has 120 valence electrons. The van der Waals surface area contributed by atoms with Gasteiger partial charge >= 0.3 is 0 Å². The molecule has 1 aromatic carbocycles. The summed E-state index contributed by atoms with van der Waals surface area (Å²) in [7, 11) is -3.00. The van der Waals surface area contributed by atoms with Gasteiger partial charge in [0.25, 0.3) is 5.69 Å². The Kier molecular flexibility index (Phi) is 3.99. The SMILES string of the molecule is O=[N+]([O-])c1ccc(NC2CCS(=O)(=O)C2)nc1-c1ccccc1. The van der Waals surface area contributed by atoms with Gasteiger partial charge in [0.2, 0.25) is 0 Å². The highest BCUT2D eigenvalue weighted by Gasteiger charge is 2.28. The fourth-order valence-electron chi connectivity index (χ4n) is 2.61. The maximum absolute atomic E-state index is 11.5. The van der Waals surface area contributed by atoms with Crippen molar-refractivity contribution in [1.29, 1.82) is 0 Å². The summed E-state index contributed by atoms with van der Waals surface area (Å²) in [6.07, 6.45) is 0.516. The zero-order valence-electron chi connectivity index (χ0n) is 12.2. The van der Waals surface area contributed by atoms with Gasteiger partial charge in [0.05, 0.1) is 16.4 Å². The Morgan fingerprint density at radius 2 is 1.91 bits per heavy atom. The second-order valence-corrected chi connectivity index (χ2v) is 7.66. The van der Waals surface area contributed by atoms with Crippen molar-refractivity contribution in [3.8, 4) is 11.3 Å². The van der Waals surface area contributed by atoms with Gasteiger partial charge in [-0.25, -0.2) is 13.4 Å². The molecule has 1 atom stereocenters. The lowest BCUT2D eigenvalue weighted by Gasteiger charge is -2.12. The van der Waals surface area contributed by atoms with Gasteiger partial charge in [-0.3, -0.25) is 10.1 Å². The van der Waals surface area contributed by atoms with Crippen LogP contribution in [-0.4, -0.2) is 35.9 Å². The van der Waals surface area contributed by atoms with Crippen molar-refractivity contribution in [2.75, 3.05) is 16.8 Å². The van der Waals surface area contributed by atoms with Crippen molar-refractivity contribution in [2.24, 2.45) is 0 Å². The zero-order valence-corrected chi connectivity index (χ0v) is 13.0. The summed E-state index contributed by atoms with van der Waals surface area (Å²) in [5, 5.41) is 14.3. The third-order valence-corrected chi connectivity index (χ3v) is 5.47. The molecule has 1 N–H and O–H groups in total. The third kappa shape index (κ3) is 3.48. The Hall–Kier alpha value is -2.48. The summed E-state index contributed by atoms with van der Waals surface area (Å²) in [5.74, 6) is 0.659. The van der Waals surface area contributed by atoms with E-state index >= 15 is 0 Å². The van der Waals surface area contributed by atoms with Crippen LogP contribution >= 0.6 is 0 Å². The monoisotopic (exact) mass is 333 g/mol. The highest BCUT2D eigenvalue weighted by atomic mass is 32.2. The molecule has 8 heteroatoms. The number of rotatable bonds is 4. The van der Waals surface area contributed by atoms with Crippen LogP contribution in [0.3, 0.4) is 0 Å². The second kappa shape index (κ2) is 5.96. The third-order valence-electron chi connectivity index (χ3n) is 3.70. The fourth-order valence-corrected chi connectivity index (χ4v) is 4.28. The molecule has 0 bridgehead atoms. The van der Waals surface area contributed by atoms with Crippen LogP contribution in [0.1, 0.15) is 6.42 Å². The number of sulfone groups is 1. The molecular formula is C15H15N3O4S. The largest absolute Gasteiger partial charge is 0.366 e. The number of pyridine rings is 1. The van der Waals surface area contributed by atoms with Crippen molar-refractivity contribution in [3.05, 3.63) is 52.6 Å². The van der Waals surface area contributed by atoms with E-state index in [1.54, 1.807) is 24.3 Å². The summed E-state index contributed by atoms with van der Waals surface area (Å²) in [6.45, 7) is 0. The molecule has 3 rings (SSSR count). The number of anilines is 1. The van der Waals surface area contributed by atoms with E-state index in [9.17, 15) is 18.5 Å². The van der Waals surface area contributed by atoms with Gasteiger partial charge in [-0.05, 0) is 12.5 Å². The van der Waals surface area contributed by atoms with E-state index in [0.29, 0.717) is 17.8 Å². The molecule has 0 radical (unpaired) electrons. The molecule has 23 heavy (non-hydrogen) atoms. The van der Waals surface area contributed by atoms with E-state index in [0.717, 1.165) is 0 Å². The molecule has 1 saturated heterocycles. The molecule has 7 nitrogen and oxygen atoms in total. The highest BCUT2D eigenvalue weighted by molar-refractivity contribution is 7.91. The van der Waals surface area contributed by atoms with E-state index in [4.69, 9.17) is 0 Å². The average molecular weight is 333 g/mol. The smallest absolute Gasteiger partial charge is 0.295 e. The van der Waals surface area contributed by atoms with E-state index in [1.807, 2.05) is 6.07 Å². The highest BCUT2D eigenvalue weighted by Crippen LogP contribution is 2.29. The number of benzene rings is 1. The number of nitrogens with one attached hydrogen (secondary N) is 1. The van der Waals surface area contributed by atoms with Crippen LogP contribution in [0.15, 0.2) is 42.5 Å². The van der Waals surface area contributed by atoms with E-state index < -0.39 is 14.8 Å². The molecule has 0 aliphatic carbocycles. The normalized spacial score (nSPS) is 19.4. The molecule has 1 aliphatic heterocycles. The first-order valence-electron chi connectivity index (χ1n) is 7.12. The minimum absolute atomic E-state index is 0.0618. The fraction of sp³-hybridized carbons (Fsp3) is 0.267. The Morgan fingerprint density at radius 1 is 1.17 bits per heavy atom. The molecule has 1 aromatic heterocycles. The first-order valence-corrected chi connectivity index (χ1v) is 8.94. The van der Waals surface area contributed by atoms with Crippen LogP contribution < -0.4 is 5.32 Å². The lowest BCUT2D eigenvalue weighted by Crippen LogP contribution is -2.21. The zero-order chi connectivity index (χ0) is 16.4. The maximum atomic E-state index is 11.5. The van der Waals surface area contributed by atoms with Crippen molar-refractivity contribution in [3.63, 3.8) is 0 Å². The minimum Gasteiger partial charge on any atom is -0.366 e. The lowest BCUT2D eigenvalue weighted by atomic mass is 10.1. The maximum Gasteiger partial charge on any atom is 0.295 e. The van der Waals surface area contributed by atoms with Crippen LogP contribution in [0.25, 0.3) is 11.3 Å². The molecule has 1 aliphatic rings. The number of hydrogen-bond acceptors (Lipinski definition) is 6. The Labute approximate surface area is 133 Å². The predicted molar refractivity (Wildman–Crippen MR) is 87.0 cm³/mol. The molecule has 0 spiro atoms. The van der Waals surface area contributed by atoms with Crippen LogP contribution in [0, 0.1) is 10.1 Å². The molecule has 2 heterocycles. The molecule has 1 fully saturated rings. The number of nitrogens with zero attached hydrogens (tertiary/aromatic N) is 2. The van der Waals surface area contributed by atoms with Gasteiger partial charge in [0.1, 0.15) is 5.82 Å². The number of aromatic nitrogens is 1. The summed E-state index contributed by atoms with van der Waals surface area (Å²) in [6, 6.07) is 11.6. The summed E-state index contributed by atoms with van der Waals surface area (Å²) < 4.78 is 23.0. The molecule has 2 aromatic rings. The Morgan fingerprint density at radius 3 is 2.52 bits per heavy atom. The van der Waals surface area contributed by atoms with Gasteiger partial charge in [0, 0.05) is 17.7 Å². The quantitative estimate of drug-likeness (QED) is 0.680. The summed E-state index contributed by atoms with van der Waals surface area (Å²) in [5.41, 5.74) is 0.823. The van der Waals surface area contributed by atoms with Crippen LogP contribution in [0.2, 0.25) is 0 Å². The topological polar surface area (TPSA) is 102 Å². The average Bonchev–Trinajstić information content (AvgIpc) is 2.86. The van der Waals surface area contributed by atoms with Gasteiger partial charge < -0.3 is 5.32 Å². The van der Waals surface area contributed by atoms with Gasteiger partial charge in [-0.2, -0.15) is 0 Å². The van der Waals surface area contributed by atoms with E-state index in [-0.39, 0.29) is 28.9 Å². The second-order valence-electron chi connectivity index (χ2n) is 5.43. The molecule has 0 saturated carbocycles. The first kappa shape index (κ1) is 15.4. The molecular weight excluding hydrogens is 318 g/mol. The van der Waals surface area contributed by atoms with E-state index in [2.05, 4.69) is 10.3 Å². The van der Waals surface area contributed by atoms with Crippen LogP contribution in [-0.2, 0) is 9.84 Å². The molecule has 1 unspecified atom stereocenters. The lowest BCUT2D eigenvalue weighted by molar-refractivity contribution is -0.384. The van der Waals surface area contributed by atoms with E-state index in [1.165, 1.54) is 12.1 Å².